The highest BCUT2D eigenvalue weighted by Gasteiger charge is 2.26. The van der Waals surface area contributed by atoms with Gasteiger partial charge in [0, 0.05) is 30.7 Å². The molecule has 1 saturated heterocycles. The molecule has 1 fully saturated rings. The molecular formula is C14H16ClN3O3. The molecule has 2 aromatic rings. The molecule has 1 aromatic heterocycles. The number of rotatable bonds is 1. The Morgan fingerprint density at radius 3 is 3.00 bits per heavy atom. The quantitative estimate of drug-likeness (QED) is 0.876. The SMILES string of the molecule is C[C@@H]1CCN(c2nc3cc(Cl)ccc3o2)CCN1C(=O)O. The zero-order valence-corrected chi connectivity index (χ0v) is 12.4. The number of fused-ring (bicyclic) bond motifs is 1. The Bertz CT molecular complexity index is 673. The zero-order chi connectivity index (χ0) is 15.0. The van der Waals surface area contributed by atoms with Gasteiger partial charge in [0.15, 0.2) is 5.58 Å². The number of carbonyl (C=O) groups is 1. The molecule has 7 heteroatoms. The van der Waals surface area contributed by atoms with Gasteiger partial charge < -0.3 is 19.3 Å². The third-order valence-corrected chi connectivity index (χ3v) is 4.05. The van der Waals surface area contributed by atoms with E-state index in [2.05, 4.69) is 4.98 Å². The number of amides is 1. The van der Waals surface area contributed by atoms with Crippen LogP contribution < -0.4 is 4.90 Å². The van der Waals surface area contributed by atoms with Crippen molar-refractivity contribution in [3.63, 3.8) is 0 Å². The summed E-state index contributed by atoms with van der Waals surface area (Å²) in [7, 11) is 0. The molecule has 1 N–H and O–H groups in total. The first-order valence-corrected chi connectivity index (χ1v) is 7.23. The van der Waals surface area contributed by atoms with Crippen LogP contribution in [0.1, 0.15) is 13.3 Å². The molecule has 0 unspecified atom stereocenters. The molecule has 1 aromatic carbocycles. The molecule has 1 atom stereocenters. The Morgan fingerprint density at radius 2 is 2.24 bits per heavy atom. The van der Waals surface area contributed by atoms with Crippen molar-refractivity contribution in [2.24, 2.45) is 0 Å². The van der Waals surface area contributed by atoms with Crippen LogP contribution in [0.15, 0.2) is 22.6 Å². The summed E-state index contributed by atoms with van der Waals surface area (Å²) in [5.74, 6) is 0. The molecule has 21 heavy (non-hydrogen) atoms. The minimum absolute atomic E-state index is 0.00803. The smallest absolute Gasteiger partial charge is 0.407 e. The summed E-state index contributed by atoms with van der Waals surface area (Å²) in [5, 5.41) is 9.80. The number of benzene rings is 1. The maximum absolute atomic E-state index is 11.2. The first kappa shape index (κ1) is 14.0. The Hall–Kier alpha value is -1.95. The van der Waals surface area contributed by atoms with Crippen molar-refractivity contribution in [2.75, 3.05) is 24.5 Å². The highest BCUT2D eigenvalue weighted by atomic mass is 35.5. The topological polar surface area (TPSA) is 69.8 Å². The summed E-state index contributed by atoms with van der Waals surface area (Å²) in [6, 6.07) is 5.82. The molecule has 2 heterocycles. The van der Waals surface area contributed by atoms with Gasteiger partial charge in [-0.25, -0.2) is 4.79 Å². The van der Waals surface area contributed by atoms with E-state index in [9.17, 15) is 9.90 Å². The van der Waals surface area contributed by atoms with Gasteiger partial charge in [-0.2, -0.15) is 4.98 Å². The molecule has 0 spiro atoms. The lowest BCUT2D eigenvalue weighted by molar-refractivity contribution is 0.131. The Balaban J connectivity index is 1.84. The average Bonchev–Trinajstić information content (AvgIpc) is 2.74. The van der Waals surface area contributed by atoms with E-state index in [4.69, 9.17) is 16.0 Å². The summed E-state index contributed by atoms with van der Waals surface area (Å²) in [5.41, 5.74) is 1.40. The highest BCUT2D eigenvalue weighted by molar-refractivity contribution is 6.31. The highest BCUT2D eigenvalue weighted by Crippen LogP contribution is 2.25. The van der Waals surface area contributed by atoms with Crippen LogP contribution >= 0.6 is 11.6 Å². The van der Waals surface area contributed by atoms with E-state index in [0.29, 0.717) is 41.8 Å². The number of hydrogen-bond donors (Lipinski definition) is 1. The molecule has 6 nitrogen and oxygen atoms in total. The van der Waals surface area contributed by atoms with Crippen LogP contribution in [0.4, 0.5) is 10.8 Å². The van der Waals surface area contributed by atoms with Gasteiger partial charge in [-0.15, -0.1) is 0 Å². The molecule has 3 rings (SSSR count). The van der Waals surface area contributed by atoms with Crippen LogP contribution in [0.5, 0.6) is 0 Å². The molecule has 0 radical (unpaired) electrons. The fourth-order valence-corrected chi connectivity index (χ4v) is 2.72. The Kier molecular flexibility index (Phi) is 3.63. The minimum atomic E-state index is -0.881. The van der Waals surface area contributed by atoms with Crippen molar-refractivity contribution >= 4 is 34.8 Å². The summed E-state index contributed by atoms with van der Waals surface area (Å²) in [6.45, 7) is 3.64. The summed E-state index contributed by atoms with van der Waals surface area (Å²) >= 11 is 5.95. The van der Waals surface area contributed by atoms with E-state index in [1.807, 2.05) is 11.8 Å². The Labute approximate surface area is 126 Å². The molecule has 0 bridgehead atoms. The molecule has 1 aliphatic heterocycles. The van der Waals surface area contributed by atoms with Crippen LogP contribution in [0.3, 0.4) is 0 Å². The number of carboxylic acid groups (broad SMARTS) is 1. The van der Waals surface area contributed by atoms with Crippen molar-refractivity contribution in [1.82, 2.24) is 9.88 Å². The molecule has 112 valence electrons. The van der Waals surface area contributed by atoms with Gasteiger partial charge in [-0.05, 0) is 31.5 Å². The van der Waals surface area contributed by atoms with Gasteiger partial charge in [-0.1, -0.05) is 11.6 Å². The van der Waals surface area contributed by atoms with E-state index in [1.165, 1.54) is 4.90 Å². The molecule has 0 saturated carbocycles. The van der Waals surface area contributed by atoms with Crippen LogP contribution in [0.2, 0.25) is 5.02 Å². The summed E-state index contributed by atoms with van der Waals surface area (Å²) in [6.07, 6.45) is -0.139. The van der Waals surface area contributed by atoms with Crippen molar-refractivity contribution in [1.29, 1.82) is 0 Å². The van der Waals surface area contributed by atoms with Crippen molar-refractivity contribution < 1.29 is 14.3 Å². The zero-order valence-electron chi connectivity index (χ0n) is 11.6. The second-order valence-corrected chi connectivity index (χ2v) is 5.65. The number of hydrogen-bond acceptors (Lipinski definition) is 4. The lowest BCUT2D eigenvalue weighted by Gasteiger charge is -2.22. The van der Waals surface area contributed by atoms with Crippen molar-refractivity contribution in [3.8, 4) is 0 Å². The largest absolute Gasteiger partial charge is 0.465 e. The average molecular weight is 310 g/mol. The second kappa shape index (κ2) is 5.44. The number of aromatic nitrogens is 1. The van der Waals surface area contributed by atoms with Crippen molar-refractivity contribution in [3.05, 3.63) is 23.2 Å². The van der Waals surface area contributed by atoms with E-state index in [0.717, 1.165) is 6.42 Å². The first-order chi connectivity index (χ1) is 10.0. The van der Waals surface area contributed by atoms with Crippen LogP contribution in [-0.4, -0.2) is 46.8 Å². The van der Waals surface area contributed by atoms with E-state index >= 15 is 0 Å². The Morgan fingerprint density at radius 1 is 1.43 bits per heavy atom. The maximum Gasteiger partial charge on any atom is 0.407 e. The number of anilines is 1. The maximum atomic E-state index is 11.2. The predicted molar refractivity (Wildman–Crippen MR) is 80.0 cm³/mol. The van der Waals surface area contributed by atoms with E-state index in [1.54, 1.807) is 18.2 Å². The van der Waals surface area contributed by atoms with Gasteiger partial charge in [0.2, 0.25) is 0 Å². The monoisotopic (exact) mass is 309 g/mol. The van der Waals surface area contributed by atoms with Gasteiger partial charge in [0.1, 0.15) is 5.52 Å². The number of nitrogens with zero attached hydrogens (tertiary/aromatic N) is 3. The van der Waals surface area contributed by atoms with E-state index in [-0.39, 0.29) is 6.04 Å². The van der Waals surface area contributed by atoms with Gasteiger partial charge >= 0.3 is 6.09 Å². The molecule has 1 aliphatic rings. The lowest BCUT2D eigenvalue weighted by Crippen LogP contribution is -2.38. The van der Waals surface area contributed by atoms with Crippen LogP contribution in [0.25, 0.3) is 11.1 Å². The van der Waals surface area contributed by atoms with Crippen molar-refractivity contribution in [2.45, 2.75) is 19.4 Å². The predicted octanol–water partition coefficient (Wildman–Crippen LogP) is 3.06. The van der Waals surface area contributed by atoms with E-state index < -0.39 is 6.09 Å². The van der Waals surface area contributed by atoms with Gasteiger partial charge in [-0.3, -0.25) is 0 Å². The number of oxazole rings is 1. The normalized spacial score (nSPS) is 19.8. The molecular weight excluding hydrogens is 294 g/mol. The standard InChI is InChI=1S/C14H16ClN3O3/c1-9-4-5-17(6-7-18(9)14(19)20)13-16-11-8-10(15)2-3-12(11)21-13/h2-3,8-9H,4-7H2,1H3,(H,19,20)/t9-/m1/s1. The molecule has 1 amide bonds. The summed E-state index contributed by atoms with van der Waals surface area (Å²) in [4.78, 5) is 19.1. The minimum Gasteiger partial charge on any atom is -0.465 e. The second-order valence-electron chi connectivity index (χ2n) is 5.21. The third kappa shape index (κ3) is 2.76. The fraction of sp³-hybridized carbons (Fsp3) is 0.429. The lowest BCUT2D eigenvalue weighted by atomic mass is 10.2. The third-order valence-electron chi connectivity index (χ3n) is 3.81. The molecule has 0 aliphatic carbocycles. The summed E-state index contributed by atoms with van der Waals surface area (Å²) < 4.78 is 5.74. The number of halogens is 1. The fourth-order valence-electron chi connectivity index (χ4n) is 2.56. The first-order valence-electron chi connectivity index (χ1n) is 6.85. The van der Waals surface area contributed by atoms with Gasteiger partial charge in [0.05, 0.1) is 0 Å². The van der Waals surface area contributed by atoms with Crippen LogP contribution in [0, 0.1) is 0 Å². The van der Waals surface area contributed by atoms with Crippen LogP contribution in [-0.2, 0) is 0 Å². The van der Waals surface area contributed by atoms with Gasteiger partial charge in [0.25, 0.3) is 6.01 Å².